The number of benzene rings is 1. The predicted molar refractivity (Wildman–Crippen MR) is 79.6 cm³/mol. The molecule has 0 aliphatic rings. The molecule has 20 heavy (non-hydrogen) atoms. The summed E-state index contributed by atoms with van der Waals surface area (Å²) in [5, 5.41) is 2.79. The molecule has 0 aromatic heterocycles. The van der Waals surface area contributed by atoms with Gasteiger partial charge in [0.05, 0.1) is 11.1 Å². The maximum absolute atomic E-state index is 12.0. The molecule has 0 saturated carbocycles. The molecule has 1 rings (SSSR count). The Bertz CT molecular complexity index is 460. The van der Waals surface area contributed by atoms with Gasteiger partial charge in [0.1, 0.15) is 0 Å². The standard InChI is InChI=1S/C16H23NO3/c1-15(2,3)13(18)17-11-9-7-8-10-12(11)20-14(19)16(4,5)6/h7-10H,1-6H3,(H,17,18). The van der Waals surface area contributed by atoms with E-state index in [0.29, 0.717) is 11.4 Å². The average Bonchev–Trinajstić information content (AvgIpc) is 2.29. The normalized spacial score (nSPS) is 11.9. The molecule has 0 radical (unpaired) electrons. The Labute approximate surface area is 120 Å². The van der Waals surface area contributed by atoms with Crippen LogP contribution in [-0.4, -0.2) is 11.9 Å². The first-order valence-electron chi connectivity index (χ1n) is 6.64. The number of para-hydroxylation sites is 2. The Morgan fingerprint density at radius 2 is 1.50 bits per heavy atom. The summed E-state index contributed by atoms with van der Waals surface area (Å²) in [5.41, 5.74) is -0.604. The lowest BCUT2D eigenvalue weighted by atomic mass is 9.95. The number of esters is 1. The van der Waals surface area contributed by atoms with Crippen molar-refractivity contribution >= 4 is 17.6 Å². The fraction of sp³-hybridized carbons (Fsp3) is 0.500. The average molecular weight is 277 g/mol. The van der Waals surface area contributed by atoms with Crippen LogP contribution in [0, 0.1) is 10.8 Å². The molecule has 1 amide bonds. The second-order valence-electron chi connectivity index (χ2n) is 6.84. The fourth-order valence-electron chi connectivity index (χ4n) is 1.22. The SMILES string of the molecule is CC(C)(C)C(=O)Nc1ccccc1OC(=O)C(C)(C)C. The van der Waals surface area contributed by atoms with E-state index in [-0.39, 0.29) is 11.9 Å². The summed E-state index contributed by atoms with van der Waals surface area (Å²) in [6, 6.07) is 6.93. The van der Waals surface area contributed by atoms with Gasteiger partial charge in [0.15, 0.2) is 5.75 Å². The van der Waals surface area contributed by atoms with Gasteiger partial charge in [-0.1, -0.05) is 32.9 Å². The molecular formula is C16H23NO3. The Hall–Kier alpha value is -1.84. The zero-order chi connectivity index (χ0) is 15.6. The Morgan fingerprint density at radius 3 is 2.00 bits per heavy atom. The molecule has 0 atom stereocenters. The molecule has 1 aromatic rings. The van der Waals surface area contributed by atoms with E-state index in [1.165, 1.54) is 0 Å². The summed E-state index contributed by atoms with van der Waals surface area (Å²) >= 11 is 0. The number of anilines is 1. The Morgan fingerprint density at radius 1 is 0.950 bits per heavy atom. The number of rotatable bonds is 2. The minimum Gasteiger partial charge on any atom is -0.424 e. The van der Waals surface area contributed by atoms with Crippen LogP contribution in [0.25, 0.3) is 0 Å². The first-order chi connectivity index (χ1) is 9.01. The van der Waals surface area contributed by atoms with E-state index in [0.717, 1.165) is 0 Å². The van der Waals surface area contributed by atoms with Crippen LogP contribution in [0.3, 0.4) is 0 Å². The van der Waals surface area contributed by atoms with E-state index in [9.17, 15) is 9.59 Å². The fourth-order valence-corrected chi connectivity index (χ4v) is 1.22. The number of ether oxygens (including phenoxy) is 1. The molecule has 0 saturated heterocycles. The molecule has 4 heteroatoms. The lowest BCUT2D eigenvalue weighted by Crippen LogP contribution is -2.29. The van der Waals surface area contributed by atoms with Crippen molar-refractivity contribution in [1.82, 2.24) is 0 Å². The molecule has 0 unspecified atom stereocenters. The number of hydrogen-bond donors (Lipinski definition) is 1. The van der Waals surface area contributed by atoms with Crippen molar-refractivity contribution in [3.05, 3.63) is 24.3 Å². The number of amides is 1. The molecule has 4 nitrogen and oxygen atoms in total. The Kier molecular flexibility index (Phi) is 4.58. The Balaban J connectivity index is 2.95. The van der Waals surface area contributed by atoms with Gasteiger partial charge in [-0.2, -0.15) is 0 Å². The van der Waals surface area contributed by atoms with Gasteiger partial charge in [-0.25, -0.2) is 0 Å². The number of carbonyl (C=O) groups is 2. The third-order valence-electron chi connectivity index (χ3n) is 2.63. The van der Waals surface area contributed by atoms with Gasteiger partial charge in [0.2, 0.25) is 5.91 Å². The topological polar surface area (TPSA) is 55.4 Å². The van der Waals surface area contributed by atoms with E-state index in [4.69, 9.17) is 4.74 Å². The van der Waals surface area contributed by atoms with Crippen LogP contribution in [0.4, 0.5) is 5.69 Å². The molecule has 110 valence electrons. The van der Waals surface area contributed by atoms with Crippen molar-refractivity contribution in [3.8, 4) is 5.75 Å². The molecular weight excluding hydrogens is 254 g/mol. The largest absolute Gasteiger partial charge is 0.424 e. The predicted octanol–water partition coefficient (Wildman–Crippen LogP) is 3.62. The molecule has 0 aliphatic heterocycles. The maximum Gasteiger partial charge on any atom is 0.316 e. The second-order valence-corrected chi connectivity index (χ2v) is 6.84. The van der Waals surface area contributed by atoms with Crippen molar-refractivity contribution in [2.24, 2.45) is 10.8 Å². The minimum atomic E-state index is -0.596. The third-order valence-corrected chi connectivity index (χ3v) is 2.63. The van der Waals surface area contributed by atoms with E-state index in [2.05, 4.69) is 5.32 Å². The van der Waals surface area contributed by atoms with Crippen molar-refractivity contribution in [2.45, 2.75) is 41.5 Å². The lowest BCUT2D eigenvalue weighted by molar-refractivity contribution is -0.143. The highest BCUT2D eigenvalue weighted by molar-refractivity contribution is 5.96. The molecule has 0 heterocycles. The highest BCUT2D eigenvalue weighted by Gasteiger charge is 2.26. The van der Waals surface area contributed by atoms with Crippen molar-refractivity contribution in [1.29, 1.82) is 0 Å². The summed E-state index contributed by atoms with van der Waals surface area (Å²) in [6.45, 7) is 10.8. The first-order valence-corrected chi connectivity index (χ1v) is 6.64. The summed E-state index contributed by atoms with van der Waals surface area (Å²) in [6.07, 6.45) is 0. The summed E-state index contributed by atoms with van der Waals surface area (Å²) < 4.78 is 5.37. The molecule has 0 spiro atoms. The molecule has 0 fully saturated rings. The van der Waals surface area contributed by atoms with Gasteiger partial charge in [0, 0.05) is 5.41 Å². The van der Waals surface area contributed by atoms with Crippen LogP contribution < -0.4 is 10.1 Å². The van der Waals surface area contributed by atoms with Gasteiger partial charge in [-0.3, -0.25) is 9.59 Å². The van der Waals surface area contributed by atoms with Crippen molar-refractivity contribution < 1.29 is 14.3 Å². The van der Waals surface area contributed by atoms with Crippen LogP contribution in [0.5, 0.6) is 5.75 Å². The molecule has 0 aliphatic carbocycles. The quantitative estimate of drug-likeness (QED) is 0.663. The summed E-state index contributed by atoms with van der Waals surface area (Å²) in [7, 11) is 0. The molecule has 1 N–H and O–H groups in total. The van der Waals surface area contributed by atoms with Crippen LogP contribution in [0.1, 0.15) is 41.5 Å². The van der Waals surface area contributed by atoms with Gasteiger partial charge in [-0.05, 0) is 32.9 Å². The van der Waals surface area contributed by atoms with Crippen molar-refractivity contribution in [2.75, 3.05) is 5.32 Å². The van der Waals surface area contributed by atoms with Crippen LogP contribution in [0.2, 0.25) is 0 Å². The van der Waals surface area contributed by atoms with Gasteiger partial charge in [0.25, 0.3) is 0 Å². The number of nitrogens with one attached hydrogen (secondary N) is 1. The van der Waals surface area contributed by atoms with Gasteiger partial charge in [-0.15, -0.1) is 0 Å². The van der Waals surface area contributed by atoms with Crippen molar-refractivity contribution in [3.63, 3.8) is 0 Å². The molecule has 1 aromatic carbocycles. The van der Waals surface area contributed by atoms with Gasteiger partial charge >= 0.3 is 5.97 Å². The zero-order valence-corrected chi connectivity index (χ0v) is 13.0. The van der Waals surface area contributed by atoms with E-state index in [1.807, 2.05) is 20.8 Å². The van der Waals surface area contributed by atoms with Crippen LogP contribution in [-0.2, 0) is 9.59 Å². The van der Waals surface area contributed by atoms with E-state index in [1.54, 1.807) is 45.0 Å². The lowest BCUT2D eigenvalue weighted by Gasteiger charge is -2.21. The second kappa shape index (κ2) is 5.65. The molecule has 0 bridgehead atoms. The number of hydrogen-bond acceptors (Lipinski definition) is 3. The maximum atomic E-state index is 12.0. The zero-order valence-electron chi connectivity index (χ0n) is 13.0. The first kappa shape index (κ1) is 16.2. The van der Waals surface area contributed by atoms with E-state index >= 15 is 0 Å². The highest BCUT2D eigenvalue weighted by Crippen LogP contribution is 2.28. The third kappa shape index (κ3) is 4.37. The highest BCUT2D eigenvalue weighted by atomic mass is 16.5. The monoisotopic (exact) mass is 277 g/mol. The minimum absolute atomic E-state index is 0.128. The van der Waals surface area contributed by atoms with E-state index < -0.39 is 10.8 Å². The van der Waals surface area contributed by atoms with Crippen LogP contribution >= 0.6 is 0 Å². The number of carbonyl (C=O) groups excluding carboxylic acids is 2. The van der Waals surface area contributed by atoms with Crippen LogP contribution in [0.15, 0.2) is 24.3 Å². The smallest absolute Gasteiger partial charge is 0.316 e. The summed E-state index contributed by atoms with van der Waals surface area (Å²) in [4.78, 5) is 24.0. The summed E-state index contributed by atoms with van der Waals surface area (Å²) in [5.74, 6) is -0.100. The van der Waals surface area contributed by atoms with Gasteiger partial charge < -0.3 is 10.1 Å².